The number of hydrogen-bond acceptors (Lipinski definition) is 3. The fourth-order valence-electron chi connectivity index (χ4n) is 2.16. The summed E-state index contributed by atoms with van der Waals surface area (Å²) >= 11 is 1.77. The number of rotatable bonds is 4. The highest BCUT2D eigenvalue weighted by atomic mass is 32.1. The Hall–Kier alpha value is -1.65. The number of nitrogens with zero attached hydrogens (tertiary/aromatic N) is 2. The molecule has 0 spiro atoms. The van der Waals surface area contributed by atoms with Crippen LogP contribution in [0, 0.1) is 0 Å². The van der Waals surface area contributed by atoms with E-state index in [-0.39, 0.29) is 0 Å². The third-order valence-electron chi connectivity index (χ3n) is 2.96. The van der Waals surface area contributed by atoms with Gasteiger partial charge < -0.3 is 5.32 Å². The van der Waals surface area contributed by atoms with Gasteiger partial charge in [0.15, 0.2) is 0 Å². The average molecular weight is 257 g/mol. The number of para-hydroxylation sites is 1. The molecule has 0 bridgehead atoms. The summed E-state index contributed by atoms with van der Waals surface area (Å²) in [6, 6.07) is 12.6. The average Bonchev–Trinajstić information content (AvgIpc) is 3.00. The molecule has 1 aromatic carbocycles. The molecule has 2 aromatic heterocycles. The molecule has 1 N–H and O–H groups in total. The minimum Gasteiger partial charge on any atom is -0.314 e. The Bertz CT molecular complexity index is 640. The fraction of sp³-hybridized carbons (Fsp3) is 0.214. The van der Waals surface area contributed by atoms with Crippen molar-refractivity contribution in [2.75, 3.05) is 7.05 Å². The van der Waals surface area contributed by atoms with Crippen molar-refractivity contribution in [3.8, 4) is 0 Å². The summed E-state index contributed by atoms with van der Waals surface area (Å²) < 4.78 is 2.09. The molecule has 18 heavy (non-hydrogen) atoms. The van der Waals surface area contributed by atoms with Crippen LogP contribution in [0.2, 0.25) is 0 Å². The quantitative estimate of drug-likeness (QED) is 0.779. The van der Waals surface area contributed by atoms with E-state index in [4.69, 9.17) is 5.10 Å². The second-order valence-electron chi connectivity index (χ2n) is 4.23. The number of aromatic nitrogens is 2. The number of benzene rings is 1. The first kappa shape index (κ1) is 11.4. The molecule has 0 aliphatic heterocycles. The molecular weight excluding hydrogens is 242 g/mol. The maximum absolute atomic E-state index is 4.71. The van der Waals surface area contributed by atoms with Gasteiger partial charge in [0.2, 0.25) is 0 Å². The van der Waals surface area contributed by atoms with Crippen molar-refractivity contribution < 1.29 is 0 Å². The summed E-state index contributed by atoms with van der Waals surface area (Å²) in [6.45, 7) is 1.65. The Morgan fingerprint density at radius 3 is 2.89 bits per heavy atom. The number of hydrogen-bond donors (Lipinski definition) is 1. The normalized spacial score (nSPS) is 11.2. The number of thiophene rings is 1. The predicted octanol–water partition coefficient (Wildman–Crippen LogP) is 2.87. The van der Waals surface area contributed by atoms with Crippen LogP contribution in [0.4, 0.5) is 0 Å². The fourth-order valence-corrected chi connectivity index (χ4v) is 2.85. The summed E-state index contributed by atoms with van der Waals surface area (Å²) in [5, 5.41) is 11.2. The van der Waals surface area contributed by atoms with E-state index in [1.54, 1.807) is 11.3 Å². The largest absolute Gasteiger partial charge is 0.314 e. The summed E-state index contributed by atoms with van der Waals surface area (Å²) in [5.41, 5.74) is 2.32. The van der Waals surface area contributed by atoms with E-state index in [0.717, 1.165) is 18.8 Å². The van der Waals surface area contributed by atoms with Crippen LogP contribution in [0.25, 0.3) is 10.9 Å². The van der Waals surface area contributed by atoms with Crippen LogP contribution in [-0.2, 0) is 13.1 Å². The zero-order chi connectivity index (χ0) is 12.4. The zero-order valence-electron chi connectivity index (χ0n) is 10.3. The van der Waals surface area contributed by atoms with Gasteiger partial charge in [-0.15, -0.1) is 11.3 Å². The van der Waals surface area contributed by atoms with Crippen LogP contribution in [0.5, 0.6) is 0 Å². The van der Waals surface area contributed by atoms with Crippen molar-refractivity contribution in [3.63, 3.8) is 0 Å². The molecule has 0 saturated carbocycles. The van der Waals surface area contributed by atoms with Gasteiger partial charge in [-0.2, -0.15) is 5.10 Å². The van der Waals surface area contributed by atoms with Gasteiger partial charge in [-0.3, -0.25) is 4.68 Å². The minimum atomic E-state index is 0.804. The van der Waals surface area contributed by atoms with E-state index >= 15 is 0 Å². The van der Waals surface area contributed by atoms with Gasteiger partial charge in [0.05, 0.1) is 17.8 Å². The third kappa shape index (κ3) is 2.05. The van der Waals surface area contributed by atoms with E-state index in [1.807, 2.05) is 7.05 Å². The van der Waals surface area contributed by atoms with Gasteiger partial charge in [0.1, 0.15) is 0 Å². The van der Waals surface area contributed by atoms with Crippen molar-refractivity contribution in [3.05, 3.63) is 52.3 Å². The van der Waals surface area contributed by atoms with Gasteiger partial charge in [-0.25, -0.2) is 0 Å². The second kappa shape index (κ2) is 4.92. The molecular formula is C14H15N3S. The molecule has 2 heterocycles. The Labute approximate surface area is 110 Å². The maximum Gasteiger partial charge on any atom is 0.0841 e. The second-order valence-corrected chi connectivity index (χ2v) is 5.26. The highest BCUT2D eigenvalue weighted by Crippen LogP contribution is 2.20. The van der Waals surface area contributed by atoms with Crippen molar-refractivity contribution >= 4 is 22.2 Å². The van der Waals surface area contributed by atoms with Gasteiger partial charge >= 0.3 is 0 Å². The Kier molecular flexibility index (Phi) is 3.13. The highest BCUT2D eigenvalue weighted by Gasteiger charge is 2.09. The Balaban J connectivity index is 2.05. The van der Waals surface area contributed by atoms with Gasteiger partial charge in [0, 0.05) is 16.8 Å². The Morgan fingerprint density at radius 1 is 1.22 bits per heavy atom. The lowest BCUT2D eigenvalue weighted by molar-refractivity contribution is 0.682. The molecule has 0 saturated heterocycles. The van der Waals surface area contributed by atoms with Crippen LogP contribution in [0.3, 0.4) is 0 Å². The van der Waals surface area contributed by atoms with E-state index in [9.17, 15) is 0 Å². The van der Waals surface area contributed by atoms with Crippen molar-refractivity contribution in [1.29, 1.82) is 0 Å². The van der Waals surface area contributed by atoms with E-state index in [1.165, 1.54) is 15.8 Å². The lowest BCUT2D eigenvalue weighted by Crippen LogP contribution is -2.07. The summed E-state index contributed by atoms with van der Waals surface area (Å²) in [5.74, 6) is 0. The van der Waals surface area contributed by atoms with E-state index in [2.05, 4.69) is 51.8 Å². The van der Waals surface area contributed by atoms with Gasteiger partial charge in [-0.1, -0.05) is 24.3 Å². The van der Waals surface area contributed by atoms with Crippen molar-refractivity contribution in [2.45, 2.75) is 13.1 Å². The van der Waals surface area contributed by atoms with E-state index in [0.29, 0.717) is 0 Å². The topological polar surface area (TPSA) is 29.9 Å². The molecule has 0 unspecified atom stereocenters. The van der Waals surface area contributed by atoms with Crippen LogP contribution in [0.1, 0.15) is 10.6 Å². The first-order chi connectivity index (χ1) is 8.88. The molecule has 0 atom stereocenters. The van der Waals surface area contributed by atoms with Crippen LogP contribution in [-0.4, -0.2) is 16.8 Å². The number of nitrogens with one attached hydrogen (secondary N) is 1. The monoisotopic (exact) mass is 257 g/mol. The third-order valence-corrected chi connectivity index (χ3v) is 3.83. The van der Waals surface area contributed by atoms with Crippen molar-refractivity contribution in [2.24, 2.45) is 0 Å². The molecule has 0 amide bonds. The first-order valence-electron chi connectivity index (χ1n) is 6.00. The predicted molar refractivity (Wildman–Crippen MR) is 75.9 cm³/mol. The van der Waals surface area contributed by atoms with Gasteiger partial charge in [0.25, 0.3) is 0 Å². The van der Waals surface area contributed by atoms with E-state index < -0.39 is 0 Å². The molecule has 4 heteroatoms. The molecule has 0 aliphatic carbocycles. The molecule has 3 rings (SSSR count). The summed E-state index contributed by atoms with van der Waals surface area (Å²) in [6.07, 6.45) is 0. The molecule has 3 aromatic rings. The van der Waals surface area contributed by atoms with Crippen LogP contribution < -0.4 is 5.32 Å². The maximum atomic E-state index is 4.71. The van der Waals surface area contributed by atoms with Crippen molar-refractivity contribution in [1.82, 2.24) is 15.1 Å². The minimum absolute atomic E-state index is 0.804. The SMILES string of the molecule is CNCc1nn(Cc2cccs2)c2ccccc12. The standard InChI is InChI=1S/C14H15N3S/c1-15-9-13-12-6-2-3-7-14(12)17(16-13)10-11-5-4-8-18-11/h2-8,15H,9-10H2,1H3. The Morgan fingerprint density at radius 2 is 2.11 bits per heavy atom. The summed E-state index contributed by atoms with van der Waals surface area (Å²) in [4.78, 5) is 1.33. The highest BCUT2D eigenvalue weighted by molar-refractivity contribution is 7.09. The lowest BCUT2D eigenvalue weighted by atomic mass is 10.2. The van der Waals surface area contributed by atoms with Gasteiger partial charge in [-0.05, 0) is 24.6 Å². The molecule has 3 nitrogen and oxygen atoms in total. The van der Waals surface area contributed by atoms with Crippen LogP contribution >= 0.6 is 11.3 Å². The molecule has 0 radical (unpaired) electrons. The zero-order valence-corrected chi connectivity index (χ0v) is 11.1. The number of fused-ring (bicyclic) bond motifs is 1. The molecule has 0 aliphatic rings. The van der Waals surface area contributed by atoms with Crippen LogP contribution in [0.15, 0.2) is 41.8 Å². The first-order valence-corrected chi connectivity index (χ1v) is 6.88. The smallest absolute Gasteiger partial charge is 0.0841 e. The molecule has 0 fully saturated rings. The lowest BCUT2D eigenvalue weighted by Gasteiger charge is -2.00. The summed E-state index contributed by atoms with van der Waals surface area (Å²) in [7, 11) is 1.95. The molecule has 92 valence electrons.